The molecule has 2 aliphatic heterocycles. The maximum atomic E-state index is 13.7. The van der Waals surface area contributed by atoms with Crippen LogP contribution in [-0.2, 0) is 19.1 Å². The fraction of sp³-hybridized carbons (Fsp3) is 0.481. The van der Waals surface area contributed by atoms with E-state index in [9.17, 15) is 18.4 Å². The van der Waals surface area contributed by atoms with Gasteiger partial charge < -0.3 is 28.7 Å². The lowest BCUT2D eigenvalue weighted by atomic mass is 9.96. The first-order valence-corrected chi connectivity index (χ1v) is 12.5. The highest BCUT2D eigenvalue weighted by Gasteiger charge is 2.42. The summed E-state index contributed by atoms with van der Waals surface area (Å²) in [6, 6.07) is 11.7. The monoisotopic (exact) mass is 518 g/mol. The van der Waals surface area contributed by atoms with Crippen LogP contribution in [0, 0.1) is 11.6 Å². The summed E-state index contributed by atoms with van der Waals surface area (Å²) in [7, 11) is 0. The van der Waals surface area contributed by atoms with Crippen molar-refractivity contribution >= 4 is 11.8 Å². The van der Waals surface area contributed by atoms with E-state index in [1.807, 2.05) is 0 Å². The van der Waals surface area contributed by atoms with Crippen molar-refractivity contribution in [1.29, 1.82) is 0 Å². The second-order valence-corrected chi connectivity index (χ2v) is 9.14. The van der Waals surface area contributed by atoms with Crippen LogP contribution in [-0.4, -0.2) is 86.4 Å². The van der Waals surface area contributed by atoms with Gasteiger partial charge in [0, 0.05) is 26.1 Å². The zero-order valence-electron chi connectivity index (χ0n) is 20.7. The molecule has 0 N–H and O–H groups in total. The third-order valence-corrected chi connectivity index (χ3v) is 6.38. The summed E-state index contributed by atoms with van der Waals surface area (Å²) in [6.45, 7) is 2.99. The number of hydrogen-bond acceptors (Lipinski definition) is 6. The largest absolute Gasteiger partial charge is 0.491 e. The Morgan fingerprint density at radius 1 is 0.892 bits per heavy atom. The molecule has 2 aromatic carbocycles. The standard InChI is InChI=1S/C27H32F2N2O6/c28-21-7-9-22(10-8-21)36-20-27(18-26(33)30-11-15-34-16-12-30)19-31(13-17-37-27)25(32)6-3-14-35-24-5-2-1-4-23(24)29/h1-2,4-5,7-10H,3,6,11-20H2/t27-/m0/s1. The molecule has 0 unspecified atom stereocenters. The van der Waals surface area contributed by atoms with Gasteiger partial charge in [0.25, 0.3) is 0 Å². The topological polar surface area (TPSA) is 77.5 Å². The molecule has 37 heavy (non-hydrogen) atoms. The Morgan fingerprint density at radius 2 is 1.62 bits per heavy atom. The fourth-order valence-corrected chi connectivity index (χ4v) is 4.37. The lowest BCUT2D eigenvalue weighted by molar-refractivity contribution is -0.167. The Hall–Kier alpha value is -3.24. The predicted molar refractivity (Wildman–Crippen MR) is 130 cm³/mol. The number of nitrogens with zero attached hydrogens (tertiary/aromatic N) is 2. The van der Waals surface area contributed by atoms with Crippen LogP contribution < -0.4 is 9.47 Å². The Balaban J connectivity index is 1.37. The van der Waals surface area contributed by atoms with Gasteiger partial charge >= 0.3 is 0 Å². The number of morpholine rings is 2. The van der Waals surface area contributed by atoms with Crippen LogP contribution in [0.5, 0.6) is 11.5 Å². The molecule has 10 heteroatoms. The van der Waals surface area contributed by atoms with E-state index in [2.05, 4.69) is 0 Å². The Morgan fingerprint density at radius 3 is 2.38 bits per heavy atom. The van der Waals surface area contributed by atoms with E-state index in [-0.39, 0.29) is 62.6 Å². The minimum absolute atomic E-state index is 0.0227. The summed E-state index contributed by atoms with van der Waals surface area (Å²) in [5.41, 5.74) is -1.05. The molecule has 2 aromatic rings. The van der Waals surface area contributed by atoms with Crippen LogP contribution in [0.2, 0.25) is 0 Å². The van der Waals surface area contributed by atoms with Crippen molar-refractivity contribution in [3.63, 3.8) is 0 Å². The summed E-state index contributed by atoms with van der Waals surface area (Å²) in [5.74, 6) is -0.437. The van der Waals surface area contributed by atoms with Gasteiger partial charge in [0.15, 0.2) is 11.6 Å². The molecule has 4 rings (SSSR count). The van der Waals surface area contributed by atoms with Crippen molar-refractivity contribution < 1.29 is 37.3 Å². The molecular weight excluding hydrogens is 486 g/mol. The molecule has 0 saturated carbocycles. The molecule has 2 saturated heterocycles. The molecule has 2 fully saturated rings. The number of carbonyl (C=O) groups excluding carboxylic acids is 2. The number of carbonyl (C=O) groups is 2. The van der Waals surface area contributed by atoms with Crippen molar-refractivity contribution in [2.75, 3.05) is 59.2 Å². The first-order chi connectivity index (χ1) is 17.9. The molecule has 0 aromatic heterocycles. The summed E-state index contributed by atoms with van der Waals surface area (Å²) in [6.07, 6.45) is 0.658. The lowest BCUT2D eigenvalue weighted by Crippen LogP contribution is -2.58. The highest BCUT2D eigenvalue weighted by molar-refractivity contribution is 5.79. The van der Waals surface area contributed by atoms with Crippen molar-refractivity contribution in [3.05, 3.63) is 60.2 Å². The van der Waals surface area contributed by atoms with E-state index in [4.69, 9.17) is 18.9 Å². The lowest BCUT2D eigenvalue weighted by Gasteiger charge is -2.43. The fourth-order valence-electron chi connectivity index (χ4n) is 4.37. The van der Waals surface area contributed by atoms with Crippen LogP contribution >= 0.6 is 0 Å². The third-order valence-electron chi connectivity index (χ3n) is 6.38. The minimum Gasteiger partial charge on any atom is -0.491 e. The Bertz CT molecular complexity index is 1050. The van der Waals surface area contributed by atoms with Gasteiger partial charge in [0.1, 0.15) is 23.8 Å². The second-order valence-electron chi connectivity index (χ2n) is 9.14. The van der Waals surface area contributed by atoms with E-state index >= 15 is 0 Å². The quantitative estimate of drug-likeness (QED) is 0.450. The highest BCUT2D eigenvalue weighted by Crippen LogP contribution is 2.26. The molecule has 2 amide bonds. The number of amides is 2. The summed E-state index contributed by atoms with van der Waals surface area (Å²) in [4.78, 5) is 29.5. The maximum absolute atomic E-state index is 13.7. The Labute approximate surface area is 215 Å². The van der Waals surface area contributed by atoms with E-state index in [1.165, 1.54) is 30.3 Å². The SMILES string of the molecule is O=C(C[C@@]1(COc2ccc(F)cc2)CN(C(=O)CCCOc2ccccc2F)CCO1)N1CCOCC1. The third kappa shape index (κ3) is 7.62. The van der Waals surface area contributed by atoms with E-state index in [1.54, 1.807) is 28.0 Å². The van der Waals surface area contributed by atoms with Crippen LogP contribution in [0.25, 0.3) is 0 Å². The molecule has 0 radical (unpaired) electrons. The van der Waals surface area contributed by atoms with Gasteiger partial charge in [-0.15, -0.1) is 0 Å². The van der Waals surface area contributed by atoms with Gasteiger partial charge in [-0.3, -0.25) is 9.59 Å². The van der Waals surface area contributed by atoms with Crippen molar-refractivity contribution in [1.82, 2.24) is 9.80 Å². The second kappa shape index (κ2) is 12.8. The summed E-state index contributed by atoms with van der Waals surface area (Å²) < 4.78 is 49.8. The molecule has 2 aliphatic rings. The average molecular weight is 519 g/mol. The number of hydrogen-bond donors (Lipinski definition) is 0. The normalized spacial score (nSPS) is 19.9. The van der Waals surface area contributed by atoms with E-state index in [0.29, 0.717) is 45.0 Å². The zero-order chi connectivity index (χ0) is 26.1. The van der Waals surface area contributed by atoms with E-state index in [0.717, 1.165) is 0 Å². The molecule has 8 nitrogen and oxygen atoms in total. The van der Waals surface area contributed by atoms with Gasteiger partial charge in [0.05, 0.1) is 39.4 Å². The van der Waals surface area contributed by atoms with Crippen LogP contribution in [0.3, 0.4) is 0 Å². The van der Waals surface area contributed by atoms with Gasteiger partial charge in [-0.05, 0) is 42.8 Å². The minimum atomic E-state index is -1.05. The molecule has 0 spiro atoms. The molecule has 0 aliphatic carbocycles. The van der Waals surface area contributed by atoms with E-state index < -0.39 is 11.4 Å². The number of benzene rings is 2. The maximum Gasteiger partial charge on any atom is 0.225 e. The van der Waals surface area contributed by atoms with Crippen molar-refractivity contribution in [2.24, 2.45) is 0 Å². The van der Waals surface area contributed by atoms with Gasteiger partial charge in [-0.25, -0.2) is 8.78 Å². The molecule has 0 bridgehead atoms. The average Bonchev–Trinajstić information content (AvgIpc) is 2.92. The molecule has 200 valence electrons. The highest BCUT2D eigenvalue weighted by atomic mass is 19.1. The summed E-state index contributed by atoms with van der Waals surface area (Å²) in [5, 5.41) is 0. The Kier molecular flexibility index (Phi) is 9.29. The number of rotatable bonds is 10. The van der Waals surface area contributed by atoms with Gasteiger partial charge in [-0.1, -0.05) is 12.1 Å². The van der Waals surface area contributed by atoms with Crippen molar-refractivity contribution in [3.8, 4) is 11.5 Å². The first kappa shape index (κ1) is 26.8. The zero-order valence-corrected chi connectivity index (χ0v) is 20.7. The van der Waals surface area contributed by atoms with Gasteiger partial charge in [-0.2, -0.15) is 0 Å². The smallest absolute Gasteiger partial charge is 0.225 e. The van der Waals surface area contributed by atoms with Crippen LogP contribution in [0.15, 0.2) is 48.5 Å². The summed E-state index contributed by atoms with van der Waals surface area (Å²) >= 11 is 0. The van der Waals surface area contributed by atoms with Gasteiger partial charge in [0.2, 0.25) is 11.8 Å². The number of ether oxygens (including phenoxy) is 4. The molecule has 2 heterocycles. The first-order valence-electron chi connectivity index (χ1n) is 12.5. The number of halogens is 2. The molecule has 1 atom stereocenters. The number of para-hydroxylation sites is 1. The van der Waals surface area contributed by atoms with Crippen LogP contribution in [0.1, 0.15) is 19.3 Å². The predicted octanol–water partition coefficient (Wildman–Crippen LogP) is 3.05. The van der Waals surface area contributed by atoms with Crippen molar-refractivity contribution in [2.45, 2.75) is 24.9 Å². The molecular formula is C27H32F2N2O6. The van der Waals surface area contributed by atoms with Crippen LogP contribution in [0.4, 0.5) is 8.78 Å².